The molecule has 0 saturated carbocycles. The second kappa shape index (κ2) is 30.3. The molecule has 0 heterocycles. The molecule has 0 aliphatic heterocycles. The quantitative estimate of drug-likeness (QED) is 0.0666. The van der Waals surface area contributed by atoms with E-state index >= 15 is 0 Å². The summed E-state index contributed by atoms with van der Waals surface area (Å²) in [6.07, 6.45) is 18.0. The highest BCUT2D eigenvalue weighted by Crippen LogP contribution is 2.35. The normalized spacial score (nSPS) is 16.5. The molecule has 0 aromatic carbocycles. The van der Waals surface area contributed by atoms with E-state index in [1.807, 2.05) is 13.0 Å². The van der Waals surface area contributed by atoms with E-state index in [2.05, 4.69) is 96.9 Å². The van der Waals surface area contributed by atoms with Gasteiger partial charge in [0.25, 0.3) is 0 Å². The second-order valence-electron chi connectivity index (χ2n) is 20.6. The average Bonchev–Trinajstić information content (AvgIpc) is 3.01. The van der Waals surface area contributed by atoms with Crippen LogP contribution in [0.3, 0.4) is 0 Å². The van der Waals surface area contributed by atoms with E-state index < -0.39 is 23.3 Å². The first kappa shape index (κ1) is 58.9. The Morgan fingerprint density at radius 1 is 0.593 bits per heavy atom. The molecule has 0 amide bonds. The summed E-state index contributed by atoms with van der Waals surface area (Å²) >= 11 is 0. The van der Waals surface area contributed by atoms with Crippen LogP contribution in [-0.4, -0.2) is 33.2 Å². The van der Waals surface area contributed by atoms with Gasteiger partial charge in [-0.25, -0.2) is 4.79 Å². The number of hydrogen-bond donors (Lipinski definition) is 3. The van der Waals surface area contributed by atoms with Crippen molar-refractivity contribution in [3.63, 3.8) is 0 Å². The maximum Gasteiger partial charge on any atom is 0.330 e. The highest BCUT2D eigenvalue weighted by molar-refractivity contribution is 5.85. The minimum Gasteiger partial charge on any atom is -0.481 e. The Kier molecular flexibility index (Phi) is 33.0. The van der Waals surface area contributed by atoms with Crippen molar-refractivity contribution >= 4 is 17.9 Å². The number of rotatable bonds is 24. The Hall–Kier alpha value is -1.85. The molecule has 0 fully saturated rings. The summed E-state index contributed by atoms with van der Waals surface area (Å²) in [6, 6.07) is 0. The van der Waals surface area contributed by atoms with Gasteiger partial charge in [0.2, 0.25) is 0 Å². The molecule has 7 unspecified atom stereocenters. The molecule has 6 heteroatoms. The van der Waals surface area contributed by atoms with Crippen LogP contribution in [0.15, 0.2) is 11.6 Å². The molecule has 0 aromatic heterocycles. The van der Waals surface area contributed by atoms with E-state index in [4.69, 9.17) is 10.2 Å². The van der Waals surface area contributed by atoms with Crippen molar-refractivity contribution in [2.24, 2.45) is 57.7 Å². The van der Waals surface area contributed by atoms with Crippen LogP contribution >= 0.6 is 0 Å². The molecule has 6 nitrogen and oxygen atoms in total. The number of unbranched alkanes of at least 4 members (excludes halogenated alkanes) is 1. The smallest absolute Gasteiger partial charge is 0.330 e. The zero-order valence-corrected chi connectivity index (χ0v) is 38.3. The Morgan fingerprint density at radius 3 is 1.46 bits per heavy atom. The lowest BCUT2D eigenvalue weighted by molar-refractivity contribution is -0.149. The Labute approximate surface area is 337 Å². The van der Waals surface area contributed by atoms with Crippen LogP contribution in [0.25, 0.3) is 0 Å². The molecule has 0 aliphatic carbocycles. The molecular formula is C48H96O6. The van der Waals surface area contributed by atoms with Crippen LogP contribution in [0, 0.1) is 57.7 Å². The van der Waals surface area contributed by atoms with Gasteiger partial charge in [0.15, 0.2) is 0 Å². The monoisotopic (exact) mass is 769 g/mol. The minimum atomic E-state index is -0.812. The van der Waals surface area contributed by atoms with Crippen molar-refractivity contribution in [1.29, 1.82) is 0 Å². The Balaban J connectivity index is -0.000000351. The predicted molar refractivity (Wildman–Crippen MR) is 235 cm³/mol. The molecule has 0 aromatic rings. The predicted octanol–water partition coefficient (Wildman–Crippen LogP) is 15.2. The molecule has 0 rings (SSSR count). The topological polar surface area (TPSA) is 112 Å². The third kappa shape index (κ3) is 37.1. The highest BCUT2D eigenvalue weighted by atomic mass is 16.4. The van der Waals surface area contributed by atoms with E-state index in [0.29, 0.717) is 40.1 Å². The maximum absolute atomic E-state index is 11.6. The fraction of sp³-hybridized carbons (Fsp3) is 0.896. The molecule has 0 radical (unpaired) electrons. The summed E-state index contributed by atoms with van der Waals surface area (Å²) in [5, 5.41) is 27.1. The van der Waals surface area contributed by atoms with Crippen molar-refractivity contribution in [2.45, 2.75) is 221 Å². The van der Waals surface area contributed by atoms with Gasteiger partial charge in [-0.2, -0.15) is 0 Å². The van der Waals surface area contributed by atoms with Gasteiger partial charge in [-0.1, -0.05) is 156 Å². The number of allylic oxidation sites excluding steroid dienone is 1. The van der Waals surface area contributed by atoms with E-state index in [1.165, 1.54) is 32.1 Å². The maximum atomic E-state index is 11.6. The lowest BCUT2D eigenvalue weighted by atomic mass is 9.76. The molecule has 324 valence electrons. The standard InChI is InChI=1S/C19H38O2.C16H32O2.C12H22O2.CH4/c1-15(2)10-8-9-12-19(7,17(20)21)13-11-16(3)14-18(4,5)6;1-6-12(2)7-8-13(3)11-14(4)9-10-15(5)16(17)18;1-9(8-12(3,4)5)6-7-10(2)11(13)14;/h15-16H,8-14H2,1-7H3,(H,20,21);12-15H,6-11H2,1-5H3,(H,17,18);7,9H,6,8H2,1-5H3,(H,13,14);1H4/b;;10-7-;. The summed E-state index contributed by atoms with van der Waals surface area (Å²) in [6.45, 7) is 36.8. The summed E-state index contributed by atoms with van der Waals surface area (Å²) in [5.41, 5.74) is 0.565. The lowest BCUT2D eigenvalue weighted by Crippen LogP contribution is -2.28. The Bertz CT molecular complexity index is 1000. The van der Waals surface area contributed by atoms with E-state index in [9.17, 15) is 19.5 Å². The summed E-state index contributed by atoms with van der Waals surface area (Å²) in [4.78, 5) is 32.9. The van der Waals surface area contributed by atoms with Crippen LogP contribution in [0.5, 0.6) is 0 Å². The molecular weight excluding hydrogens is 673 g/mol. The van der Waals surface area contributed by atoms with Crippen LogP contribution in [0.1, 0.15) is 221 Å². The van der Waals surface area contributed by atoms with Gasteiger partial charge in [0.05, 0.1) is 11.3 Å². The number of aliphatic carboxylic acids is 3. The van der Waals surface area contributed by atoms with Crippen molar-refractivity contribution in [1.82, 2.24) is 0 Å². The third-order valence-corrected chi connectivity index (χ3v) is 10.7. The Morgan fingerprint density at radius 2 is 1.06 bits per heavy atom. The van der Waals surface area contributed by atoms with E-state index in [1.54, 1.807) is 13.8 Å². The molecule has 0 aliphatic rings. The van der Waals surface area contributed by atoms with Crippen molar-refractivity contribution in [3.05, 3.63) is 11.6 Å². The SMILES string of the molecule is C.C/C(=C/CC(C)CC(C)(C)C)C(=O)O.CC(C)CCCCC(C)(CCC(C)CC(C)(C)C)C(=O)O.CCC(C)CCC(C)CC(C)CCC(C)C(=O)O. The van der Waals surface area contributed by atoms with Gasteiger partial charge < -0.3 is 15.3 Å². The van der Waals surface area contributed by atoms with E-state index in [0.717, 1.165) is 76.0 Å². The molecule has 0 bridgehead atoms. The van der Waals surface area contributed by atoms with Crippen molar-refractivity contribution < 1.29 is 29.7 Å². The van der Waals surface area contributed by atoms with Crippen LogP contribution < -0.4 is 0 Å². The number of carboxylic acid groups (broad SMARTS) is 3. The van der Waals surface area contributed by atoms with Crippen LogP contribution in [-0.2, 0) is 14.4 Å². The van der Waals surface area contributed by atoms with Crippen LogP contribution in [0.2, 0.25) is 0 Å². The van der Waals surface area contributed by atoms with Crippen LogP contribution in [0.4, 0.5) is 0 Å². The highest BCUT2D eigenvalue weighted by Gasteiger charge is 2.33. The van der Waals surface area contributed by atoms with Gasteiger partial charge in [0.1, 0.15) is 0 Å². The number of hydrogen-bond acceptors (Lipinski definition) is 3. The zero-order chi connectivity index (χ0) is 42.2. The average molecular weight is 769 g/mol. The van der Waals surface area contributed by atoms with E-state index in [-0.39, 0.29) is 13.3 Å². The summed E-state index contributed by atoms with van der Waals surface area (Å²) in [7, 11) is 0. The fourth-order valence-corrected chi connectivity index (χ4v) is 7.07. The number of carbonyl (C=O) groups is 3. The van der Waals surface area contributed by atoms with Gasteiger partial charge in [-0.3, -0.25) is 9.59 Å². The molecule has 54 heavy (non-hydrogen) atoms. The largest absolute Gasteiger partial charge is 0.481 e. The zero-order valence-electron chi connectivity index (χ0n) is 38.3. The van der Waals surface area contributed by atoms with Gasteiger partial charge >= 0.3 is 17.9 Å². The molecule has 3 N–H and O–H groups in total. The first-order valence-corrected chi connectivity index (χ1v) is 21.4. The van der Waals surface area contributed by atoms with Gasteiger partial charge in [-0.15, -0.1) is 0 Å². The van der Waals surface area contributed by atoms with Gasteiger partial charge in [-0.05, 0) is 118 Å². The first-order valence-electron chi connectivity index (χ1n) is 21.4. The van der Waals surface area contributed by atoms with Crippen molar-refractivity contribution in [2.75, 3.05) is 0 Å². The summed E-state index contributed by atoms with van der Waals surface area (Å²) < 4.78 is 0. The first-order chi connectivity index (χ1) is 24.0. The minimum absolute atomic E-state index is 0. The van der Waals surface area contributed by atoms with Gasteiger partial charge in [0, 0.05) is 5.57 Å². The fourth-order valence-electron chi connectivity index (χ4n) is 7.07. The summed E-state index contributed by atoms with van der Waals surface area (Å²) in [5.74, 6) is 1.84. The number of carboxylic acids is 3. The molecule has 7 atom stereocenters. The molecule has 0 spiro atoms. The van der Waals surface area contributed by atoms with Crippen molar-refractivity contribution in [3.8, 4) is 0 Å². The third-order valence-electron chi connectivity index (χ3n) is 10.7. The lowest BCUT2D eigenvalue weighted by Gasteiger charge is -2.28. The molecule has 0 saturated heterocycles. The second-order valence-corrected chi connectivity index (χ2v) is 20.6.